The van der Waals surface area contributed by atoms with Gasteiger partial charge >= 0.3 is 0 Å². The third kappa shape index (κ3) is 3.33. The molecular formula is C19H21N5O. The lowest BCUT2D eigenvalue weighted by atomic mass is 10.1. The van der Waals surface area contributed by atoms with Crippen molar-refractivity contribution in [2.75, 3.05) is 31.1 Å². The molecule has 2 aromatic heterocycles. The van der Waals surface area contributed by atoms with Crippen molar-refractivity contribution >= 4 is 17.4 Å². The minimum Gasteiger partial charge on any atom is -0.355 e. The minimum absolute atomic E-state index is 0.201. The molecule has 1 aromatic carbocycles. The van der Waals surface area contributed by atoms with Crippen molar-refractivity contribution in [2.45, 2.75) is 12.8 Å². The Labute approximate surface area is 146 Å². The Balaban J connectivity index is 1.45. The van der Waals surface area contributed by atoms with E-state index in [9.17, 15) is 4.79 Å². The molecule has 1 amide bonds. The molecule has 0 bridgehead atoms. The smallest absolute Gasteiger partial charge is 0.227 e. The van der Waals surface area contributed by atoms with Crippen LogP contribution in [0.5, 0.6) is 0 Å². The number of anilines is 1. The summed E-state index contributed by atoms with van der Waals surface area (Å²) < 4.78 is 1.86. The number of carbonyl (C=O) groups is 1. The first-order valence-corrected chi connectivity index (χ1v) is 8.67. The van der Waals surface area contributed by atoms with Gasteiger partial charge in [-0.2, -0.15) is 9.61 Å². The van der Waals surface area contributed by atoms with Gasteiger partial charge in [-0.15, -0.1) is 0 Å². The molecule has 1 fully saturated rings. The van der Waals surface area contributed by atoms with Gasteiger partial charge in [0.2, 0.25) is 5.91 Å². The SMILES string of the molecule is O=C(Cc1ccccc1)N1CCCN(c2ccnc3ccnn23)CC1. The maximum absolute atomic E-state index is 12.6. The van der Waals surface area contributed by atoms with Crippen LogP contribution in [0, 0.1) is 0 Å². The van der Waals surface area contributed by atoms with Gasteiger partial charge in [-0.3, -0.25) is 4.79 Å². The molecular weight excluding hydrogens is 314 g/mol. The lowest BCUT2D eigenvalue weighted by molar-refractivity contribution is -0.130. The molecule has 6 heteroatoms. The maximum Gasteiger partial charge on any atom is 0.227 e. The molecule has 0 atom stereocenters. The van der Waals surface area contributed by atoms with Crippen molar-refractivity contribution in [3.8, 4) is 0 Å². The average Bonchev–Trinajstić information content (AvgIpc) is 2.99. The molecule has 25 heavy (non-hydrogen) atoms. The largest absolute Gasteiger partial charge is 0.355 e. The van der Waals surface area contributed by atoms with Crippen LogP contribution in [0.15, 0.2) is 54.9 Å². The summed E-state index contributed by atoms with van der Waals surface area (Å²) in [6, 6.07) is 13.8. The van der Waals surface area contributed by atoms with Crippen LogP contribution in [0.2, 0.25) is 0 Å². The van der Waals surface area contributed by atoms with E-state index in [1.165, 1.54) is 0 Å². The highest BCUT2D eigenvalue weighted by Gasteiger charge is 2.20. The Bertz CT molecular complexity index is 860. The summed E-state index contributed by atoms with van der Waals surface area (Å²) in [5, 5.41) is 4.37. The maximum atomic E-state index is 12.6. The van der Waals surface area contributed by atoms with E-state index in [-0.39, 0.29) is 5.91 Å². The van der Waals surface area contributed by atoms with Crippen LogP contribution in [0.4, 0.5) is 5.82 Å². The minimum atomic E-state index is 0.201. The number of carbonyl (C=O) groups excluding carboxylic acids is 1. The highest BCUT2D eigenvalue weighted by Crippen LogP contribution is 2.17. The summed E-state index contributed by atoms with van der Waals surface area (Å²) in [5.41, 5.74) is 1.92. The van der Waals surface area contributed by atoms with E-state index in [4.69, 9.17) is 0 Å². The Hall–Kier alpha value is -2.89. The van der Waals surface area contributed by atoms with Crippen molar-refractivity contribution in [1.82, 2.24) is 19.5 Å². The molecule has 0 unspecified atom stereocenters. The Morgan fingerprint density at radius 3 is 2.72 bits per heavy atom. The van der Waals surface area contributed by atoms with E-state index >= 15 is 0 Å². The molecule has 4 rings (SSSR count). The van der Waals surface area contributed by atoms with E-state index in [1.54, 1.807) is 6.20 Å². The number of hydrogen-bond donors (Lipinski definition) is 0. The van der Waals surface area contributed by atoms with E-state index in [0.717, 1.165) is 49.6 Å². The zero-order chi connectivity index (χ0) is 17.1. The second-order valence-electron chi connectivity index (χ2n) is 6.29. The average molecular weight is 335 g/mol. The molecule has 0 spiro atoms. The van der Waals surface area contributed by atoms with Gasteiger partial charge in [0.15, 0.2) is 5.65 Å². The number of nitrogens with zero attached hydrogens (tertiary/aromatic N) is 5. The highest BCUT2D eigenvalue weighted by molar-refractivity contribution is 5.78. The van der Waals surface area contributed by atoms with E-state index < -0.39 is 0 Å². The molecule has 1 aliphatic heterocycles. The van der Waals surface area contributed by atoms with Crippen LogP contribution in [0.1, 0.15) is 12.0 Å². The zero-order valence-corrected chi connectivity index (χ0v) is 14.1. The molecule has 0 aliphatic carbocycles. The Kier molecular flexibility index (Phi) is 4.33. The van der Waals surface area contributed by atoms with Crippen LogP contribution >= 0.6 is 0 Å². The predicted octanol–water partition coefficient (Wildman–Crippen LogP) is 2.01. The van der Waals surface area contributed by atoms with Crippen LogP contribution < -0.4 is 4.90 Å². The highest BCUT2D eigenvalue weighted by atomic mass is 16.2. The molecule has 3 aromatic rings. The van der Waals surface area contributed by atoms with Gasteiger partial charge in [-0.25, -0.2) is 4.98 Å². The summed E-state index contributed by atoms with van der Waals surface area (Å²) in [4.78, 5) is 21.2. The first-order valence-electron chi connectivity index (χ1n) is 8.67. The second-order valence-corrected chi connectivity index (χ2v) is 6.29. The number of amides is 1. The normalized spacial score (nSPS) is 15.4. The monoisotopic (exact) mass is 335 g/mol. The van der Waals surface area contributed by atoms with E-state index in [2.05, 4.69) is 15.0 Å². The van der Waals surface area contributed by atoms with Crippen LogP contribution in [0.25, 0.3) is 5.65 Å². The van der Waals surface area contributed by atoms with Crippen molar-refractivity contribution < 1.29 is 4.79 Å². The molecule has 128 valence electrons. The number of aromatic nitrogens is 3. The second kappa shape index (κ2) is 6.93. The van der Waals surface area contributed by atoms with Gasteiger partial charge in [-0.05, 0) is 18.1 Å². The Morgan fingerprint density at radius 1 is 0.960 bits per heavy atom. The standard InChI is InChI=1S/C19H21N5O/c25-19(15-16-5-2-1-3-6-16)23-12-4-11-22(13-14-23)18-8-9-20-17-7-10-21-24(17)18/h1-3,5-10H,4,11-15H2. The summed E-state index contributed by atoms with van der Waals surface area (Å²) >= 11 is 0. The van der Waals surface area contributed by atoms with Crippen molar-refractivity contribution in [1.29, 1.82) is 0 Å². The lowest BCUT2D eigenvalue weighted by Crippen LogP contribution is -2.36. The van der Waals surface area contributed by atoms with Gasteiger partial charge in [-0.1, -0.05) is 30.3 Å². The lowest BCUT2D eigenvalue weighted by Gasteiger charge is -2.24. The third-order valence-electron chi connectivity index (χ3n) is 4.64. The fourth-order valence-electron chi connectivity index (χ4n) is 3.34. The van der Waals surface area contributed by atoms with Crippen molar-refractivity contribution in [3.05, 3.63) is 60.4 Å². The van der Waals surface area contributed by atoms with Crippen LogP contribution in [0.3, 0.4) is 0 Å². The van der Waals surface area contributed by atoms with Gasteiger partial charge in [0.25, 0.3) is 0 Å². The number of hydrogen-bond acceptors (Lipinski definition) is 4. The van der Waals surface area contributed by atoms with Crippen molar-refractivity contribution in [3.63, 3.8) is 0 Å². The number of benzene rings is 1. The Morgan fingerprint density at radius 2 is 1.84 bits per heavy atom. The van der Waals surface area contributed by atoms with Gasteiger partial charge in [0.05, 0.1) is 12.6 Å². The van der Waals surface area contributed by atoms with Crippen LogP contribution in [-0.2, 0) is 11.2 Å². The summed E-state index contributed by atoms with van der Waals surface area (Å²) in [5.74, 6) is 1.24. The summed E-state index contributed by atoms with van der Waals surface area (Å²) in [7, 11) is 0. The van der Waals surface area contributed by atoms with Crippen LogP contribution in [-0.4, -0.2) is 51.6 Å². The molecule has 0 saturated carbocycles. The summed E-state index contributed by atoms with van der Waals surface area (Å²) in [6.45, 7) is 3.25. The quantitative estimate of drug-likeness (QED) is 0.735. The third-order valence-corrected chi connectivity index (χ3v) is 4.64. The molecule has 3 heterocycles. The molecule has 0 radical (unpaired) electrons. The predicted molar refractivity (Wildman–Crippen MR) is 96.5 cm³/mol. The fourth-order valence-corrected chi connectivity index (χ4v) is 3.34. The first kappa shape index (κ1) is 15.6. The van der Waals surface area contributed by atoms with Gasteiger partial charge in [0.1, 0.15) is 5.82 Å². The summed E-state index contributed by atoms with van der Waals surface area (Å²) in [6.07, 6.45) is 5.00. The molecule has 1 aliphatic rings. The number of fused-ring (bicyclic) bond motifs is 1. The molecule has 1 saturated heterocycles. The topological polar surface area (TPSA) is 53.7 Å². The zero-order valence-electron chi connectivity index (χ0n) is 14.1. The molecule has 6 nitrogen and oxygen atoms in total. The van der Waals surface area contributed by atoms with E-state index in [0.29, 0.717) is 6.42 Å². The number of rotatable bonds is 3. The first-order chi connectivity index (χ1) is 12.3. The van der Waals surface area contributed by atoms with Gasteiger partial charge < -0.3 is 9.80 Å². The van der Waals surface area contributed by atoms with E-state index in [1.807, 2.05) is 58.1 Å². The van der Waals surface area contributed by atoms with Gasteiger partial charge in [0, 0.05) is 38.4 Å². The molecule has 0 N–H and O–H groups in total. The fraction of sp³-hybridized carbons (Fsp3) is 0.316. The van der Waals surface area contributed by atoms with Crippen molar-refractivity contribution in [2.24, 2.45) is 0 Å².